The van der Waals surface area contributed by atoms with Crippen molar-refractivity contribution in [2.24, 2.45) is 0 Å². The summed E-state index contributed by atoms with van der Waals surface area (Å²) in [7, 11) is 1.31. The molecule has 0 atom stereocenters. The molecule has 0 saturated heterocycles. The van der Waals surface area contributed by atoms with Crippen LogP contribution in [0, 0.1) is 0 Å². The summed E-state index contributed by atoms with van der Waals surface area (Å²) >= 11 is 1.66. The zero-order valence-electron chi connectivity index (χ0n) is 11.6. The largest absolute Gasteiger partial charge is 0.453 e. The van der Waals surface area contributed by atoms with Crippen LogP contribution in [0.1, 0.15) is 0 Å². The Bertz CT molecular complexity index is 777. The van der Waals surface area contributed by atoms with Gasteiger partial charge in [0.1, 0.15) is 0 Å². The van der Waals surface area contributed by atoms with Gasteiger partial charge in [-0.1, -0.05) is 30.0 Å². The van der Waals surface area contributed by atoms with E-state index in [1.807, 2.05) is 36.4 Å². The minimum Gasteiger partial charge on any atom is -0.453 e. The second kappa shape index (κ2) is 7.35. The SMILES string of the molecule is COC(=O)Nc1nc2cc(Sc3ccccc3)ccc2[nH]1.[Cu]. The van der Waals surface area contributed by atoms with Gasteiger partial charge in [0.25, 0.3) is 0 Å². The third kappa shape index (κ3) is 3.82. The van der Waals surface area contributed by atoms with Crippen LogP contribution >= 0.6 is 11.8 Å². The summed E-state index contributed by atoms with van der Waals surface area (Å²) in [4.78, 5) is 20.8. The Labute approximate surface area is 142 Å². The Morgan fingerprint density at radius 2 is 1.95 bits per heavy atom. The Morgan fingerprint density at radius 1 is 1.18 bits per heavy atom. The van der Waals surface area contributed by atoms with E-state index >= 15 is 0 Å². The van der Waals surface area contributed by atoms with Crippen LogP contribution in [0.2, 0.25) is 0 Å². The van der Waals surface area contributed by atoms with Crippen LogP contribution in [-0.4, -0.2) is 23.2 Å². The van der Waals surface area contributed by atoms with Gasteiger partial charge in [-0.2, -0.15) is 0 Å². The van der Waals surface area contributed by atoms with Crippen molar-refractivity contribution in [3.63, 3.8) is 0 Å². The molecule has 1 radical (unpaired) electrons. The van der Waals surface area contributed by atoms with E-state index < -0.39 is 6.09 Å². The molecule has 22 heavy (non-hydrogen) atoms. The second-order valence-electron chi connectivity index (χ2n) is 4.30. The molecule has 0 unspecified atom stereocenters. The van der Waals surface area contributed by atoms with Gasteiger partial charge >= 0.3 is 6.09 Å². The zero-order chi connectivity index (χ0) is 14.7. The molecule has 5 nitrogen and oxygen atoms in total. The van der Waals surface area contributed by atoms with Crippen LogP contribution in [0.25, 0.3) is 11.0 Å². The van der Waals surface area contributed by atoms with Crippen molar-refractivity contribution in [2.45, 2.75) is 9.79 Å². The van der Waals surface area contributed by atoms with Gasteiger partial charge in [-0.15, -0.1) is 0 Å². The number of carbonyl (C=O) groups excluding carboxylic acids is 1. The van der Waals surface area contributed by atoms with Crippen LogP contribution in [0.5, 0.6) is 0 Å². The molecule has 0 aliphatic heterocycles. The number of nitrogens with one attached hydrogen (secondary N) is 2. The zero-order valence-corrected chi connectivity index (χ0v) is 13.4. The maximum absolute atomic E-state index is 11.2. The Morgan fingerprint density at radius 3 is 2.68 bits per heavy atom. The average molecular weight is 363 g/mol. The second-order valence-corrected chi connectivity index (χ2v) is 5.44. The smallest absolute Gasteiger partial charge is 0.413 e. The molecule has 117 valence electrons. The maximum Gasteiger partial charge on any atom is 0.413 e. The Kier molecular flexibility index (Phi) is 5.49. The van der Waals surface area contributed by atoms with Gasteiger partial charge in [-0.3, -0.25) is 5.32 Å². The van der Waals surface area contributed by atoms with Gasteiger partial charge in [0.15, 0.2) is 0 Å². The third-order valence-electron chi connectivity index (χ3n) is 2.84. The number of ether oxygens (including phenoxy) is 1. The molecule has 3 rings (SSSR count). The summed E-state index contributed by atoms with van der Waals surface area (Å²) in [6.07, 6.45) is -0.548. The number of imidazole rings is 1. The summed E-state index contributed by atoms with van der Waals surface area (Å²) in [5.41, 5.74) is 1.65. The molecule has 0 bridgehead atoms. The van der Waals surface area contributed by atoms with Crippen LogP contribution in [0.4, 0.5) is 10.7 Å². The predicted molar refractivity (Wildman–Crippen MR) is 82.7 cm³/mol. The van der Waals surface area contributed by atoms with E-state index in [0.717, 1.165) is 15.9 Å². The molecule has 3 aromatic rings. The summed E-state index contributed by atoms with van der Waals surface area (Å²) in [6, 6.07) is 16.1. The fraction of sp³-hybridized carbons (Fsp3) is 0.0667. The molecule has 2 N–H and O–H groups in total. The number of methoxy groups -OCH3 is 1. The average Bonchev–Trinajstić information content (AvgIpc) is 2.89. The minimum atomic E-state index is -0.548. The van der Waals surface area contributed by atoms with Crippen molar-refractivity contribution in [1.82, 2.24) is 9.97 Å². The number of amides is 1. The van der Waals surface area contributed by atoms with E-state index in [1.54, 1.807) is 11.8 Å². The Hall–Kier alpha value is -1.95. The normalized spacial score (nSPS) is 10.0. The molecule has 0 saturated carbocycles. The van der Waals surface area contributed by atoms with Crippen LogP contribution in [0.15, 0.2) is 58.3 Å². The van der Waals surface area contributed by atoms with Crippen molar-refractivity contribution < 1.29 is 26.6 Å². The van der Waals surface area contributed by atoms with Crippen molar-refractivity contribution >= 4 is 34.8 Å². The number of anilines is 1. The first-order valence-electron chi connectivity index (χ1n) is 6.32. The van der Waals surface area contributed by atoms with Crippen LogP contribution < -0.4 is 5.32 Å². The topological polar surface area (TPSA) is 67.0 Å². The first-order valence-corrected chi connectivity index (χ1v) is 7.14. The molecule has 2 aromatic carbocycles. The monoisotopic (exact) mass is 362 g/mol. The van der Waals surface area contributed by atoms with Crippen LogP contribution in [-0.2, 0) is 21.8 Å². The minimum absolute atomic E-state index is 0. The third-order valence-corrected chi connectivity index (χ3v) is 3.84. The molecule has 0 aliphatic rings. The van der Waals surface area contributed by atoms with Gasteiger partial charge in [-0.25, -0.2) is 9.78 Å². The molecule has 1 aromatic heterocycles. The standard InChI is InChI=1S/C15H13N3O2S.Cu/c1-20-15(19)18-14-16-12-8-7-11(9-13(12)17-14)21-10-5-3-2-4-6-10;/h2-9H,1H3,(H2,16,17,18,19);. The van der Waals surface area contributed by atoms with Gasteiger partial charge in [0.2, 0.25) is 5.95 Å². The van der Waals surface area contributed by atoms with Crippen molar-refractivity contribution in [2.75, 3.05) is 12.4 Å². The number of benzene rings is 2. The Balaban J connectivity index is 0.00000176. The summed E-state index contributed by atoms with van der Waals surface area (Å²) in [6.45, 7) is 0. The van der Waals surface area contributed by atoms with E-state index in [0.29, 0.717) is 5.95 Å². The van der Waals surface area contributed by atoms with E-state index in [4.69, 9.17) is 0 Å². The van der Waals surface area contributed by atoms with Crippen LogP contribution in [0.3, 0.4) is 0 Å². The fourth-order valence-electron chi connectivity index (χ4n) is 1.88. The van der Waals surface area contributed by atoms with E-state index in [2.05, 4.69) is 32.2 Å². The maximum atomic E-state index is 11.2. The number of hydrogen-bond acceptors (Lipinski definition) is 4. The number of hydrogen-bond donors (Lipinski definition) is 2. The molecule has 0 spiro atoms. The molecule has 0 aliphatic carbocycles. The number of aromatic amines is 1. The number of rotatable bonds is 3. The number of fused-ring (bicyclic) bond motifs is 1. The first kappa shape index (κ1) is 16.4. The molecule has 0 fully saturated rings. The predicted octanol–water partition coefficient (Wildman–Crippen LogP) is 3.89. The number of H-pyrrole nitrogens is 1. The summed E-state index contributed by atoms with van der Waals surface area (Å²) in [5, 5.41) is 2.52. The summed E-state index contributed by atoms with van der Waals surface area (Å²) < 4.78 is 4.54. The fourth-order valence-corrected chi connectivity index (χ4v) is 2.75. The quantitative estimate of drug-likeness (QED) is 0.693. The molecule has 1 heterocycles. The van der Waals surface area contributed by atoms with E-state index in [1.165, 1.54) is 12.0 Å². The number of nitrogens with zero attached hydrogens (tertiary/aromatic N) is 1. The van der Waals surface area contributed by atoms with Gasteiger partial charge < -0.3 is 9.72 Å². The molecular weight excluding hydrogens is 350 g/mol. The van der Waals surface area contributed by atoms with Crippen molar-refractivity contribution in [3.05, 3.63) is 48.5 Å². The first-order chi connectivity index (χ1) is 10.2. The molecular formula is C15H13CuN3O2S. The van der Waals surface area contributed by atoms with E-state index in [-0.39, 0.29) is 17.1 Å². The van der Waals surface area contributed by atoms with E-state index in [9.17, 15) is 4.79 Å². The van der Waals surface area contributed by atoms with Crippen molar-refractivity contribution in [3.8, 4) is 0 Å². The van der Waals surface area contributed by atoms with Gasteiger partial charge in [0.05, 0.1) is 18.1 Å². The number of aromatic nitrogens is 2. The number of carbonyl (C=O) groups is 1. The molecule has 1 amide bonds. The van der Waals surface area contributed by atoms with Gasteiger partial charge in [-0.05, 0) is 30.3 Å². The summed E-state index contributed by atoms with van der Waals surface area (Å²) in [5.74, 6) is 0.374. The molecule has 7 heteroatoms. The van der Waals surface area contributed by atoms with Gasteiger partial charge in [0, 0.05) is 26.9 Å². The van der Waals surface area contributed by atoms with Crippen molar-refractivity contribution in [1.29, 1.82) is 0 Å².